The Hall–Kier alpha value is -2.97. The summed E-state index contributed by atoms with van der Waals surface area (Å²) in [5.74, 6) is -7.52. The van der Waals surface area contributed by atoms with Crippen molar-refractivity contribution in [2.75, 3.05) is 0 Å². The Morgan fingerprint density at radius 2 is 1.65 bits per heavy atom. The second-order valence-corrected chi connectivity index (χ2v) is 4.33. The maximum Gasteiger partial charge on any atom is 0.264 e. The highest BCUT2D eigenvalue weighted by Gasteiger charge is 2.21. The van der Waals surface area contributed by atoms with Gasteiger partial charge in [-0.15, -0.1) is 0 Å². The van der Waals surface area contributed by atoms with Gasteiger partial charge in [-0.2, -0.15) is 13.8 Å². The third-order valence-electron chi connectivity index (χ3n) is 2.82. The van der Waals surface area contributed by atoms with Gasteiger partial charge in [-0.25, -0.2) is 8.78 Å². The molecule has 0 aliphatic carbocycles. The maximum atomic E-state index is 13.4. The predicted molar refractivity (Wildman–Crippen MR) is 68.1 cm³/mol. The first kappa shape index (κ1) is 14.9. The second-order valence-electron chi connectivity index (χ2n) is 4.33. The number of benzene rings is 1. The first-order valence-corrected chi connectivity index (χ1v) is 6.25. The Kier molecular flexibility index (Phi) is 3.92. The third-order valence-corrected chi connectivity index (χ3v) is 2.82. The average molecular weight is 325 g/mol. The molecule has 0 fully saturated rings. The largest absolute Gasteiger partial charge is 0.477 e. The fraction of sp³-hybridized carbons (Fsp3) is 0.0714. The number of nitrogens with zero attached hydrogens (tertiary/aromatic N) is 3. The summed E-state index contributed by atoms with van der Waals surface area (Å²) in [4.78, 5) is 7.76. The molecule has 9 heteroatoms. The van der Waals surface area contributed by atoms with Crippen molar-refractivity contribution in [3.05, 3.63) is 59.8 Å². The zero-order chi connectivity index (χ0) is 16.4. The van der Waals surface area contributed by atoms with Gasteiger partial charge in [0.2, 0.25) is 17.5 Å². The Labute approximate surface area is 126 Å². The first-order chi connectivity index (χ1) is 11.1. The topological polar surface area (TPSA) is 61.0 Å². The van der Waals surface area contributed by atoms with Gasteiger partial charge in [0.1, 0.15) is 0 Å². The van der Waals surface area contributed by atoms with E-state index in [9.17, 15) is 17.6 Å². The number of hydrogen-bond donors (Lipinski definition) is 0. The van der Waals surface area contributed by atoms with Crippen molar-refractivity contribution >= 4 is 0 Å². The van der Waals surface area contributed by atoms with Crippen LogP contribution in [0.3, 0.4) is 0 Å². The summed E-state index contributed by atoms with van der Waals surface area (Å²) >= 11 is 0. The normalized spacial score (nSPS) is 10.8. The molecule has 0 saturated carbocycles. The Balaban J connectivity index is 1.79. The van der Waals surface area contributed by atoms with Crippen LogP contribution in [0.25, 0.3) is 11.4 Å². The summed E-state index contributed by atoms with van der Waals surface area (Å²) in [6, 6.07) is 3.33. The number of aromatic nitrogens is 3. The van der Waals surface area contributed by atoms with Gasteiger partial charge in [0.25, 0.3) is 5.89 Å². The highest BCUT2D eigenvalue weighted by Crippen LogP contribution is 2.27. The molecule has 0 spiro atoms. The highest BCUT2D eigenvalue weighted by atomic mass is 19.2. The Morgan fingerprint density at radius 3 is 2.30 bits per heavy atom. The van der Waals surface area contributed by atoms with E-state index in [1.165, 1.54) is 12.4 Å². The molecule has 0 unspecified atom stereocenters. The molecule has 0 aliphatic heterocycles. The third kappa shape index (κ3) is 2.98. The lowest BCUT2D eigenvalue weighted by atomic mass is 10.2. The molecule has 0 N–H and O–H groups in total. The molecule has 2 heterocycles. The molecule has 23 heavy (non-hydrogen) atoms. The van der Waals surface area contributed by atoms with Gasteiger partial charge in [-0.3, -0.25) is 4.98 Å². The van der Waals surface area contributed by atoms with E-state index in [0.717, 1.165) is 0 Å². The number of rotatable bonds is 4. The molecule has 0 amide bonds. The van der Waals surface area contributed by atoms with E-state index in [-0.39, 0.29) is 17.8 Å². The quantitative estimate of drug-likeness (QED) is 0.544. The average Bonchev–Trinajstić information content (AvgIpc) is 3.03. The van der Waals surface area contributed by atoms with E-state index in [4.69, 9.17) is 9.26 Å². The molecule has 118 valence electrons. The summed E-state index contributed by atoms with van der Waals surface area (Å²) in [5.41, 5.74) is 0.601. The van der Waals surface area contributed by atoms with Crippen LogP contribution in [0, 0.1) is 23.3 Å². The Morgan fingerprint density at radius 1 is 1.00 bits per heavy atom. The lowest BCUT2D eigenvalue weighted by molar-refractivity contribution is 0.218. The van der Waals surface area contributed by atoms with Gasteiger partial charge in [0.15, 0.2) is 24.0 Å². The minimum atomic E-state index is -1.64. The molecule has 0 saturated heterocycles. The monoisotopic (exact) mass is 325 g/mol. The van der Waals surface area contributed by atoms with Crippen molar-refractivity contribution in [1.29, 1.82) is 0 Å². The van der Waals surface area contributed by atoms with Crippen LogP contribution in [0.4, 0.5) is 17.6 Å². The molecule has 2 aromatic heterocycles. The zero-order valence-corrected chi connectivity index (χ0v) is 11.3. The molecule has 3 aromatic rings. The lowest BCUT2D eigenvalue weighted by Crippen LogP contribution is -2.04. The molecular weight excluding hydrogens is 318 g/mol. The van der Waals surface area contributed by atoms with Crippen LogP contribution < -0.4 is 4.74 Å². The second kappa shape index (κ2) is 6.03. The SMILES string of the molecule is Fc1cc(F)c(F)c(OCc2nc(-c3ccncc3)no2)c1F. The van der Waals surface area contributed by atoms with Crippen molar-refractivity contribution in [3.63, 3.8) is 0 Å². The van der Waals surface area contributed by atoms with E-state index < -0.39 is 35.6 Å². The fourth-order valence-electron chi connectivity index (χ4n) is 1.74. The smallest absolute Gasteiger partial charge is 0.264 e. The van der Waals surface area contributed by atoms with Crippen molar-refractivity contribution in [3.8, 4) is 17.1 Å². The molecular formula is C14H7F4N3O2. The van der Waals surface area contributed by atoms with Crippen LogP contribution in [0.1, 0.15) is 5.89 Å². The van der Waals surface area contributed by atoms with Crippen molar-refractivity contribution in [2.24, 2.45) is 0 Å². The molecule has 0 bridgehead atoms. The fourth-order valence-corrected chi connectivity index (χ4v) is 1.74. The zero-order valence-electron chi connectivity index (χ0n) is 11.3. The predicted octanol–water partition coefficient (Wildman–Crippen LogP) is 3.27. The summed E-state index contributed by atoms with van der Waals surface area (Å²) in [6.07, 6.45) is 3.03. The standard InChI is InChI=1S/C14H7F4N3O2/c15-8-5-9(16)12(18)13(11(8)17)22-6-10-20-14(21-23-10)7-1-3-19-4-2-7/h1-5H,6H2. The molecule has 0 aliphatic rings. The molecule has 5 nitrogen and oxygen atoms in total. The molecule has 0 radical (unpaired) electrons. The van der Waals surface area contributed by atoms with E-state index in [2.05, 4.69) is 15.1 Å². The van der Waals surface area contributed by atoms with Crippen LogP contribution in [-0.2, 0) is 6.61 Å². The van der Waals surface area contributed by atoms with Crippen LogP contribution in [0.2, 0.25) is 0 Å². The van der Waals surface area contributed by atoms with Crippen LogP contribution >= 0.6 is 0 Å². The number of ether oxygens (including phenoxy) is 1. The minimum Gasteiger partial charge on any atom is -0.477 e. The first-order valence-electron chi connectivity index (χ1n) is 6.25. The number of pyridine rings is 1. The number of hydrogen-bond acceptors (Lipinski definition) is 5. The van der Waals surface area contributed by atoms with E-state index in [1.54, 1.807) is 12.1 Å². The molecule has 1 aromatic carbocycles. The van der Waals surface area contributed by atoms with E-state index >= 15 is 0 Å². The lowest BCUT2D eigenvalue weighted by Gasteiger charge is -2.07. The highest BCUT2D eigenvalue weighted by molar-refractivity contribution is 5.52. The van der Waals surface area contributed by atoms with Crippen LogP contribution in [-0.4, -0.2) is 15.1 Å². The van der Waals surface area contributed by atoms with E-state index in [1.807, 2.05) is 0 Å². The maximum absolute atomic E-state index is 13.4. The van der Waals surface area contributed by atoms with Crippen molar-refractivity contribution < 1.29 is 26.8 Å². The summed E-state index contributed by atoms with van der Waals surface area (Å²) in [6.45, 7) is -0.561. The van der Waals surface area contributed by atoms with Gasteiger partial charge in [-0.05, 0) is 12.1 Å². The Bertz CT molecular complexity index is 813. The van der Waals surface area contributed by atoms with Gasteiger partial charge in [-0.1, -0.05) is 5.16 Å². The van der Waals surface area contributed by atoms with Crippen LogP contribution in [0.15, 0.2) is 35.1 Å². The molecule has 3 rings (SSSR count). The van der Waals surface area contributed by atoms with Crippen LogP contribution in [0.5, 0.6) is 5.75 Å². The van der Waals surface area contributed by atoms with Gasteiger partial charge in [0.05, 0.1) is 0 Å². The van der Waals surface area contributed by atoms with Crippen molar-refractivity contribution in [1.82, 2.24) is 15.1 Å². The molecule has 0 atom stereocenters. The summed E-state index contributed by atoms with van der Waals surface area (Å²) < 4.78 is 62.5. The van der Waals surface area contributed by atoms with Gasteiger partial charge >= 0.3 is 0 Å². The van der Waals surface area contributed by atoms with E-state index in [0.29, 0.717) is 5.56 Å². The summed E-state index contributed by atoms with van der Waals surface area (Å²) in [5, 5.41) is 3.65. The number of halogens is 4. The minimum absolute atomic E-state index is 0.0891. The van der Waals surface area contributed by atoms with Gasteiger partial charge in [0, 0.05) is 24.0 Å². The van der Waals surface area contributed by atoms with Crippen molar-refractivity contribution in [2.45, 2.75) is 6.61 Å². The van der Waals surface area contributed by atoms with Gasteiger partial charge < -0.3 is 9.26 Å². The summed E-state index contributed by atoms with van der Waals surface area (Å²) in [7, 11) is 0.